The molecular weight excluding hydrogens is 270 g/mol. The Kier molecular flexibility index (Phi) is 3.21. The number of nitrogens with zero attached hydrogens (tertiary/aromatic N) is 3. The second kappa shape index (κ2) is 5.05. The van der Waals surface area contributed by atoms with E-state index in [1.165, 1.54) is 6.07 Å². The first kappa shape index (κ1) is 13.4. The summed E-state index contributed by atoms with van der Waals surface area (Å²) in [5.74, 6) is -0.965. The summed E-state index contributed by atoms with van der Waals surface area (Å²) in [6.45, 7) is 0.567. The van der Waals surface area contributed by atoms with Crippen LogP contribution >= 0.6 is 0 Å². The van der Waals surface area contributed by atoms with Gasteiger partial charge in [-0.15, -0.1) is 0 Å². The molecule has 1 amide bonds. The van der Waals surface area contributed by atoms with Crippen LogP contribution in [-0.2, 0) is 24.7 Å². The van der Waals surface area contributed by atoms with Crippen molar-refractivity contribution in [2.24, 2.45) is 7.05 Å². The number of amides is 1. The third-order valence-corrected chi connectivity index (χ3v) is 3.77. The summed E-state index contributed by atoms with van der Waals surface area (Å²) < 4.78 is 1.79. The lowest BCUT2D eigenvalue weighted by Gasteiger charge is -2.17. The van der Waals surface area contributed by atoms with Gasteiger partial charge >= 0.3 is 5.97 Å². The third kappa shape index (κ3) is 2.40. The maximum absolute atomic E-state index is 12.1. The number of benzene rings is 1. The number of carboxylic acid groups (broad SMARTS) is 1. The molecule has 1 aromatic carbocycles. The summed E-state index contributed by atoms with van der Waals surface area (Å²) in [7, 11) is 1.87. The molecule has 0 radical (unpaired) electrons. The molecule has 3 rings (SSSR count). The fourth-order valence-corrected chi connectivity index (χ4v) is 2.63. The Balaban J connectivity index is 1.81. The molecule has 6 heteroatoms. The van der Waals surface area contributed by atoms with Gasteiger partial charge in [-0.05, 0) is 29.8 Å². The molecule has 2 aromatic rings. The van der Waals surface area contributed by atoms with Crippen LogP contribution in [0.2, 0.25) is 0 Å². The monoisotopic (exact) mass is 285 g/mol. The highest BCUT2D eigenvalue weighted by Crippen LogP contribution is 2.29. The standard InChI is InChI=1S/C15H15N3O3/c1-17-12(4-6-16-17)5-7-18-13-3-2-10(15(20)21)8-11(13)9-14(18)19/h2-4,6,8H,5,7,9H2,1H3,(H,20,21). The van der Waals surface area contributed by atoms with Crippen molar-refractivity contribution in [3.8, 4) is 0 Å². The van der Waals surface area contributed by atoms with Crippen LogP contribution in [0.1, 0.15) is 21.6 Å². The van der Waals surface area contributed by atoms with Gasteiger partial charge in [0.25, 0.3) is 0 Å². The molecule has 21 heavy (non-hydrogen) atoms. The van der Waals surface area contributed by atoms with Gasteiger partial charge in [0.1, 0.15) is 0 Å². The number of carbonyl (C=O) groups excluding carboxylic acids is 1. The zero-order valence-electron chi connectivity index (χ0n) is 11.6. The van der Waals surface area contributed by atoms with Gasteiger partial charge in [-0.3, -0.25) is 9.48 Å². The molecule has 108 valence electrons. The lowest BCUT2D eigenvalue weighted by Crippen LogP contribution is -2.29. The molecule has 1 N–H and O–H groups in total. The molecule has 0 unspecified atom stereocenters. The molecule has 0 fully saturated rings. The summed E-state index contributed by atoms with van der Waals surface area (Å²) >= 11 is 0. The second-order valence-electron chi connectivity index (χ2n) is 5.07. The number of aromatic nitrogens is 2. The Morgan fingerprint density at radius 1 is 1.38 bits per heavy atom. The number of carbonyl (C=O) groups is 2. The van der Waals surface area contributed by atoms with Crippen molar-refractivity contribution in [3.63, 3.8) is 0 Å². The van der Waals surface area contributed by atoms with Crippen LogP contribution < -0.4 is 4.90 Å². The number of aryl methyl sites for hydroxylation is 1. The molecular formula is C15H15N3O3. The van der Waals surface area contributed by atoms with Gasteiger partial charge in [0.15, 0.2) is 0 Å². The first-order chi connectivity index (χ1) is 10.1. The van der Waals surface area contributed by atoms with E-state index in [9.17, 15) is 9.59 Å². The average molecular weight is 285 g/mol. The van der Waals surface area contributed by atoms with E-state index < -0.39 is 5.97 Å². The fourth-order valence-electron chi connectivity index (χ4n) is 2.63. The number of anilines is 1. The van der Waals surface area contributed by atoms with Gasteiger partial charge in [0, 0.05) is 37.6 Å². The molecule has 2 heterocycles. The van der Waals surface area contributed by atoms with Crippen LogP contribution in [0.4, 0.5) is 5.69 Å². The molecule has 0 atom stereocenters. The molecule has 1 aromatic heterocycles. The largest absolute Gasteiger partial charge is 0.478 e. The van der Waals surface area contributed by atoms with E-state index in [0.717, 1.165) is 16.9 Å². The van der Waals surface area contributed by atoms with Gasteiger partial charge in [0.05, 0.1) is 12.0 Å². The van der Waals surface area contributed by atoms with Crippen LogP contribution in [0.25, 0.3) is 0 Å². The Labute approximate surface area is 121 Å². The number of rotatable bonds is 4. The smallest absolute Gasteiger partial charge is 0.335 e. The summed E-state index contributed by atoms with van der Waals surface area (Å²) in [6.07, 6.45) is 2.71. The van der Waals surface area contributed by atoms with Crippen molar-refractivity contribution < 1.29 is 14.7 Å². The van der Waals surface area contributed by atoms with E-state index in [4.69, 9.17) is 5.11 Å². The summed E-state index contributed by atoms with van der Waals surface area (Å²) in [5.41, 5.74) is 2.87. The highest BCUT2D eigenvalue weighted by atomic mass is 16.4. The lowest BCUT2D eigenvalue weighted by molar-refractivity contribution is -0.117. The molecule has 6 nitrogen and oxygen atoms in total. The number of hydrogen-bond acceptors (Lipinski definition) is 3. The van der Waals surface area contributed by atoms with Crippen molar-refractivity contribution in [1.29, 1.82) is 0 Å². The van der Waals surface area contributed by atoms with E-state index in [1.807, 2.05) is 13.1 Å². The maximum Gasteiger partial charge on any atom is 0.335 e. The van der Waals surface area contributed by atoms with Crippen LogP contribution in [-0.4, -0.2) is 33.3 Å². The van der Waals surface area contributed by atoms with Crippen molar-refractivity contribution in [2.75, 3.05) is 11.4 Å². The molecule has 0 saturated carbocycles. The predicted molar refractivity (Wildman–Crippen MR) is 76.4 cm³/mol. The summed E-state index contributed by atoms with van der Waals surface area (Å²) in [5, 5.41) is 13.1. The predicted octanol–water partition coefficient (Wildman–Crippen LogP) is 1.25. The minimum atomic E-state index is -0.974. The number of aromatic carboxylic acids is 1. The van der Waals surface area contributed by atoms with Crippen molar-refractivity contribution in [3.05, 3.63) is 47.3 Å². The first-order valence-electron chi connectivity index (χ1n) is 6.70. The molecule has 0 spiro atoms. The quantitative estimate of drug-likeness (QED) is 0.917. The van der Waals surface area contributed by atoms with Gasteiger partial charge in [-0.1, -0.05) is 0 Å². The van der Waals surface area contributed by atoms with Crippen LogP contribution in [0.15, 0.2) is 30.5 Å². The highest BCUT2D eigenvalue weighted by molar-refractivity contribution is 6.02. The van der Waals surface area contributed by atoms with E-state index in [-0.39, 0.29) is 17.9 Å². The molecule has 0 bridgehead atoms. The molecule has 1 aliphatic heterocycles. The second-order valence-corrected chi connectivity index (χ2v) is 5.07. The minimum Gasteiger partial charge on any atom is -0.478 e. The van der Waals surface area contributed by atoms with E-state index >= 15 is 0 Å². The number of carboxylic acids is 1. The zero-order chi connectivity index (χ0) is 15.0. The van der Waals surface area contributed by atoms with Crippen LogP contribution in [0.3, 0.4) is 0 Å². The summed E-state index contributed by atoms with van der Waals surface area (Å²) in [4.78, 5) is 24.8. The zero-order valence-corrected chi connectivity index (χ0v) is 11.6. The average Bonchev–Trinajstić information content (AvgIpc) is 2.98. The Bertz CT molecular complexity index is 721. The molecule has 0 aliphatic carbocycles. The van der Waals surface area contributed by atoms with Gasteiger partial charge < -0.3 is 10.0 Å². The fraction of sp³-hybridized carbons (Fsp3) is 0.267. The Hall–Kier alpha value is -2.63. The van der Waals surface area contributed by atoms with Crippen molar-refractivity contribution in [2.45, 2.75) is 12.8 Å². The normalized spacial score (nSPS) is 13.6. The Morgan fingerprint density at radius 2 is 2.19 bits per heavy atom. The molecule has 0 saturated heterocycles. The van der Waals surface area contributed by atoms with Gasteiger partial charge in [-0.25, -0.2) is 4.79 Å². The van der Waals surface area contributed by atoms with Crippen molar-refractivity contribution >= 4 is 17.6 Å². The molecule has 1 aliphatic rings. The summed E-state index contributed by atoms with van der Waals surface area (Å²) in [6, 6.07) is 6.76. The Morgan fingerprint density at radius 3 is 2.86 bits per heavy atom. The maximum atomic E-state index is 12.1. The van der Waals surface area contributed by atoms with Crippen LogP contribution in [0, 0.1) is 0 Å². The van der Waals surface area contributed by atoms with Crippen molar-refractivity contribution in [1.82, 2.24) is 9.78 Å². The lowest BCUT2D eigenvalue weighted by atomic mass is 10.1. The first-order valence-corrected chi connectivity index (χ1v) is 6.70. The van der Waals surface area contributed by atoms with Crippen LogP contribution in [0.5, 0.6) is 0 Å². The van der Waals surface area contributed by atoms with E-state index in [0.29, 0.717) is 13.0 Å². The number of fused-ring (bicyclic) bond motifs is 1. The highest BCUT2D eigenvalue weighted by Gasteiger charge is 2.27. The number of hydrogen-bond donors (Lipinski definition) is 1. The third-order valence-electron chi connectivity index (χ3n) is 3.77. The SMILES string of the molecule is Cn1nccc1CCN1C(=O)Cc2cc(C(=O)O)ccc21. The van der Waals surface area contributed by atoms with E-state index in [1.54, 1.807) is 27.9 Å². The van der Waals surface area contributed by atoms with E-state index in [2.05, 4.69) is 5.10 Å². The minimum absolute atomic E-state index is 0.00899. The van der Waals surface area contributed by atoms with Gasteiger partial charge in [0.2, 0.25) is 5.91 Å². The van der Waals surface area contributed by atoms with Gasteiger partial charge in [-0.2, -0.15) is 5.10 Å². The topological polar surface area (TPSA) is 75.4 Å².